The van der Waals surface area contributed by atoms with E-state index in [1.807, 2.05) is 0 Å². The van der Waals surface area contributed by atoms with E-state index in [0.29, 0.717) is 11.8 Å². The molecular weight excluding hydrogens is 240 g/mol. The Hall–Kier alpha value is -1.01. The van der Waals surface area contributed by atoms with Crippen molar-refractivity contribution in [1.29, 1.82) is 0 Å². The van der Waals surface area contributed by atoms with Crippen LogP contribution in [-0.2, 0) is 0 Å². The van der Waals surface area contributed by atoms with E-state index in [1.165, 1.54) is 11.8 Å². The van der Waals surface area contributed by atoms with Crippen molar-refractivity contribution < 1.29 is 14.6 Å². The Kier molecular flexibility index (Phi) is 4.16. The Labute approximate surface area is 95.8 Å². The number of thioether (sulfide) groups is 1. The second-order valence-electron chi connectivity index (χ2n) is 2.42. The van der Waals surface area contributed by atoms with E-state index in [0.717, 1.165) is 0 Å². The van der Waals surface area contributed by atoms with Crippen LogP contribution in [0.5, 0.6) is 5.88 Å². The molecule has 0 aliphatic rings. The fourth-order valence-corrected chi connectivity index (χ4v) is 1.56. The summed E-state index contributed by atoms with van der Waals surface area (Å²) in [7, 11) is 0. The number of hydrogen-bond acceptors (Lipinski definition) is 5. The third-order valence-electron chi connectivity index (χ3n) is 1.49. The number of carbonyl (C=O) groups is 1. The minimum Gasteiger partial charge on any atom is -0.477 e. The van der Waals surface area contributed by atoms with Gasteiger partial charge in [0.1, 0.15) is 0 Å². The van der Waals surface area contributed by atoms with E-state index in [2.05, 4.69) is 9.97 Å². The Morgan fingerprint density at radius 1 is 1.60 bits per heavy atom. The van der Waals surface area contributed by atoms with Crippen LogP contribution in [0.4, 0.5) is 0 Å². The lowest BCUT2D eigenvalue weighted by Crippen LogP contribution is -2.08. The predicted molar refractivity (Wildman–Crippen MR) is 57.0 cm³/mol. The molecule has 0 bridgehead atoms. The van der Waals surface area contributed by atoms with Crippen molar-refractivity contribution in [3.63, 3.8) is 0 Å². The number of aromatic nitrogens is 2. The molecule has 0 spiro atoms. The number of carboxylic acids is 1. The molecule has 0 unspecified atom stereocenters. The molecule has 1 aromatic rings. The van der Waals surface area contributed by atoms with Crippen molar-refractivity contribution in [2.45, 2.75) is 12.1 Å². The summed E-state index contributed by atoms with van der Waals surface area (Å²) in [4.78, 5) is 18.6. The van der Waals surface area contributed by atoms with Gasteiger partial charge in [0.2, 0.25) is 5.88 Å². The fraction of sp³-hybridized carbons (Fsp3) is 0.375. The lowest BCUT2D eigenvalue weighted by molar-refractivity contribution is 0.0690. The SMILES string of the molecule is CCOc1nc(SC)nc(Cl)c1C(=O)O. The monoisotopic (exact) mass is 248 g/mol. The van der Waals surface area contributed by atoms with Gasteiger partial charge in [0.05, 0.1) is 6.61 Å². The van der Waals surface area contributed by atoms with Gasteiger partial charge in [-0.05, 0) is 13.2 Å². The van der Waals surface area contributed by atoms with E-state index in [9.17, 15) is 4.79 Å². The number of aromatic carboxylic acids is 1. The molecule has 0 aromatic carbocycles. The molecule has 15 heavy (non-hydrogen) atoms. The van der Waals surface area contributed by atoms with Crippen LogP contribution in [0.2, 0.25) is 5.15 Å². The quantitative estimate of drug-likeness (QED) is 0.499. The van der Waals surface area contributed by atoms with E-state index < -0.39 is 5.97 Å². The van der Waals surface area contributed by atoms with E-state index in [4.69, 9.17) is 21.4 Å². The van der Waals surface area contributed by atoms with Gasteiger partial charge in [-0.2, -0.15) is 4.98 Å². The molecule has 7 heteroatoms. The number of hydrogen-bond donors (Lipinski definition) is 1. The first-order chi connectivity index (χ1) is 7.10. The zero-order valence-electron chi connectivity index (χ0n) is 8.15. The summed E-state index contributed by atoms with van der Waals surface area (Å²) in [5.41, 5.74) is -0.198. The minimum absolute atomic E-state index is 0.00866. The standard InChI is InChI=1S/C8H9ClN2O3S/c1-3-14-6-4(7(12)13)5(9)10-8(11-6)15-2/h3H2,1-2H3,(H,12,13). The molecule has 5 nitrogen and oxygen atoms in total. The average molecular weight is 249 g/mol. The molecular formula is C8H9ClN2O3S. The average Bonchev–Trinajstić information content (AvgIpc) is 2.16. The summed E-state index contributed by atoms with van der Waals surface area (Å²) < 4.78 is 5.09. The maximum Gasteiger partial charge on any atom is 0.344 e. The van der Waals surface area contributed by atoms with Gasteiger partial charge >= 0.3 is 5.97 Å². The third-order valence-corrected chi connectivity index (χ3v) is 2.31. The summed E-state index contributed by atoms with van der Waals surface area (Å²) >= 11 is 6.98. The van der Waals surface area contributed by atoms with Crippen LogP contribution in [0.25, 0.3) is 0 Å². The topological polar surface area (TPSA) is 72.3 Å². The first-order valence-corrected chi connectivity index (χ1v) is 5.68. The Morgan fingerprint density at radius 2 is 2.27 bits per heavy atom. The molecule has 0 amide bonds. The van der Waals surface area contributed by atoms with Crippen LogP contribution < -0.4 is 4.74 Å². The zero-order valence-corrected chi connectivity index (χ0v) is 9.72. The van der Waals surface area contributed by atoms with Crippen molar-refractivity contribution in [3.8, 4) is 5.88 Å². The highest BCUT2D eigenvalue weighted by Crippen LogP contribution is 2.25. The van der Waals surface area contributed by atoms with Gasteiger partial charge in [0.25, 0.3) is 0 Å². The normalized spacial score (nSPS) is 10.1. The Morgan fingerprint density at radius 3 is 2.73 bits per heavy atom. The molecule has 0 aliphatic heterocycles. The molecule has 1 rings (SSSR count). The van der Waals surface area contributed by atoms with Crippen molar-refractivity contribution in [2.75, 3.05) is 12.9 Å². The molecule has 0 fully saturated rings. The maximum absolute atomic E-state index is 10.9. The predicted octanol–water partition coefficient (Wildman–Crippen LogP) is 1.95. The second kappa shape index (κ2) is 5.18. The van der Waals surface area contributed by atoms with E-state index >= 15 is 0 Å². The van der Waals surface area contributed by atoms with E-state index in [-0.39, 0.29) is 16.6 Å². The van der Waals surface area contributed by atoms with Gasteiger partial charge in [-0.25, -0.2) is 9.78 Å². The molecule has 1 heterocycles. The molecule has 0 saturated carbocycles. The molecule has 0 atom stereocenters. The summed E-state index contributed by atoms with van der Waals surface area (Å²) in [6.07, 6.45) is 1.77. The third kappa shape index (κ3) is 2.73. The van der Waals surface area contributed by atoms with Gasteiger partial charge in [-0.3, -0.25) is 0 Å². The number of ether oxygens (including phenoxy) is 1. The molecule has 0 aliphatic carbocycles. The van der Waals surface area contributed by atoms with Crippen molar-refractivity contribution in [3.05, 3.63) is 10.7 Å². The van der Waals surface area contributed by atoms with Crippen LogP contribution in [0, 0.1) is 0 Å². The highest BCUT2D eigenvalue weighted by Gasteiger charge is 2.20. The molecule has 82 valence electrons. The van der Waals surface area contributed by atoms with Crippen LogP contribution in [-0.4, -0.2) is 33.9 Å². The molecule has 1 aromatic heterocycles. The van der Waals surface area contributed by atoms with Crippen LogP contribution in [0.1, 0.15) is 17.3 Å². The lowest BCUT2D eigenvalue weighted by atomic mass is 10.3. The highest BCUT2D eigenvalue weighted by molar-refractivity contribution is 7.98. The number of carboxylic acid groups (broad SMARTS) is 1. The number of nitrogens with zero attached hydrogens (tertiary/aromatic N) is 2. The maximum atomic E-state index is 10.9. The van der Waals surface area contributed by atoms with Crippen molar-refractivity contribution in [1.82, 2.24) is 9.97 Å². The highest BCUT2D eigenvalue weighted by atomic mass is 35.5. The molecule has 0 saturated heterocycles. The van der Waals surface area contributed by atoms with Gasteiger partial charge in [0.15, 0.2) is 15.9 Å². The Bertz CT molecular complexity index is 386. The fourth-order valence-electron chi connectivity index (χ4n) is 0.908. The van der Waals surface area contributed by atoms with Gasteiger partial charge in [0, 0.05) is 0 Å². The minimum atomic E-state index is -1.20. The second-order valence-corrected chi connectivity index (χ2v) is 3.55. The summed E-state index contributed by atoms with van der Waals surface area (Å²) in [5.74, 6) is -1.19. The van der Waals surface area contributed by atoms with Gasteiger partial charge in [-0.15, -0.1) is 0 Å². The molecule has 0 radical (unpaired) electrons. The lowest BCUT2D eigenvalue weighted by Gasteiger charge is -2.07. The van der Waals surface area contributed by atoms with Gasteiger partial charge < -0.3 is 9.84 Å². The Balaban J connectivity index is 3.28. The largest absolute Gasteiger partial charge is 0.477 e. The van der Waals surface area contributed by atoms with Crippen LogP contribution in [0.3, 0.4) is 0 Å². The van der Waals surface area contributed by atoms with Gasteiger partial charge in [-0.1, -0.05) is 23.4 Å². The summed E-state index contributed by atoms with van der Waals surface area (Å²) in [6.45, 7) is 2.06. The number of halogens is 1. The van der Waals surface area contributed by atoms with E-state index in [1.54, 1.807) is 13.2 Å². The number of rotatable bonds is 4. The summed E-state index contributed by atoms with van der Waals surface area (Å²) in [6, 6.07) is 0. The first kappa shape index (κ1) is 12.1. The van der Waals surface area contributed by atoms with Crippen LogP contribution in [0.15, 0.2) is 5.16 Å². The van der Waals surface area contributed by atoms with Crippen molar-refractivity contribution >= 4 is 29.3 Å². The summed E-state index contributed by atoms with van der Waals surface area (Å²) in [5, 5.41) is 9.16. The zero-order chi connectivity index (χ0) is 11.4. The van der Waals surface area contributed by atoms with Crippen LogP contribution >= 0.6 is 23.4 Å². The van der Waals surface area contributed by atoms with Crippen molar-refractivity contribution in [2.24, 2.45) is 0 Å². The molecule has 1 N–H and O–H groups in total. The first-order valence-electron chi connectivity index (χ1n) is 4.07. The smallest absolute Gasteiger partial charge is 0.344 e.